The molecule has 2 unspecified atom stereocenters. The fourth-order valence-electron chi connectivity index (χ4n) is 1.71. The zero-order valence-electron chi connectivity index (χ0n) is 10.6. The van der Waals surface area contributed by atoms with Crippen LogP contribution in [0.1, 0.15) is 32.4 Å². The Morgan fingerprint density at radius 2 is 2.24 bits per heavy atom. The Bertz CT molecular complexity index is 389. The number of rotatable bonds is 3. The number of nitrogens with one attached hydrogen (secondary N) is 1. The molecule has 0 spiro atoms. The molecule has 0 saturated carbocycles. The van der Waals surface area contributed by atoms with Gasteiger partial charge in [0.15, 0.2) is 5.17 Å². The molecule has 3 nitrogen and oxygen atoms in total. The van der Waals surface area contributed by atoms with Crippen LogP contribution < -0.4 is 5.32 Å². The van der Waals surface area contributed by atoms with E-state index in [-0.39, 0.29) is 6.04 Å². The maximum Gasteiger partial charge on any atom is 0.157 e. The van der Waals surface area contributed by atoms with Crippen LogP contribution in [0.4, 0.5) is 0 Å². The van der Waals surface area contributed by atoms with Crippen LogP contribution in [-0.4, -0.2) is 21.9 Å². The van der Waals surface area contributed by atoms with Crippen molar-refractivity contribution in [3.63, 3.8) is 0 Å². The monoisotopic (exact) mass is 249 g/mol. The van der Waals surface area contributed by atoms with Gasteiger partial charge in [-0.05, 0) is 24.5 Å². The van der Waals surface area contributed by atoms with Gasteiger partial charge < -0.3 is 5.32 Å². The van der Waals surface area contributed by atoms with E-state index in [2.05, 4.69) is 37.1 Å². The summed E-state index contributed by atoms with van der Waals surface area (Å²) < 4.78 is 0. The van der Waals surface area contributed by atoms with Gasteiger partial charge in [0, 0.05) is 18.1 Å². The van der Waals surface area contributed by atoms with E-state index in [1.54, 1.807) is 6.20 Å². The highest BCUT2D eigenvalue weighted by Gasteiger charge is 2.22. The molecule has 0 fully saturated rings. The van der Waals surface area contributed by atoms with Crippen molar-refractivity contribution in [2.75, 3.05) is 5.75 Å². The molecule has 2 atom stereocenters. The smallest absolute Gasteiger partial charge is 0.157 e. The normalized spacial score (nSPS) is 21.4. The lowest BCUT2D eigenvalue weighted by molar-refractivity contribution is 0.541. The summed E-state index contributed by atoms with van der Waals surface area (Å²) >= 11 is 1.82. The highest BCUT2D eigenvalue weighted by Crippen LogP contribution is 2.23. The summed E-state index contributed by atoms with van der Waals surface area (Å²) in [5.74, 6) is 1.72. The maximum atomic E-state index is 4.70. The number of hydrogen-bond acceptors (Lipinski definition) is 4. The van der Waals surface area contributed by atoms with Crippen molar-refractivity contribution >= 4 is 16.9 Å². The quantitative estimate of drug-likeness (QED) is 0.895. The van der Waals surface area contributed by atoms with E-state index in [9.17, 15) is 0 Å². The molecule has 0 saturated heterocycles. The van der Waals surface area contributed by atoms with Crippen molar-refractivity contribution in [2.45, 2.75) is 32.9 Å². The Kier molecular flexibility index (Phi) is 4.05. The Hall–Kier alpha value is -1.03. The lowest BCUT2D eigenvalue weighted by Crippen LogP contribution is -2.23. The SMILES string of the molecule is CC(NC1=NC(C(C)C)CS1)c1cccnc1. The molecule has 2 rings (SSSR count). The minimum atomic E-state index is 0.265. The topological polar surface area (TPSA) is 37.3 Å². The number of nitrogens with zero attached hydrogens (tertiary/aromatic N) is 2. The zero-order chi connectivity index (χ0) is 12.3. The second-order valence-electron chi connectivity index (χ2n) is 4.71. The molecular formula is C13H19N3S. The third-order valence-corrected chi connectivity index (χ3v) is 3.97. The molecule has 0 aromatic carbocycles. The van der Waals surface area contributed by atoms with E-state index in [4.69, 9.17) is 4.99 Å². The van der Waals surface area contributed by atoms with Gasteiger partial charge in [0.05, 0.1) is 12.1 Å². The van der Waals surface area contributed by atoms with Crippen LogP contribution >= 0.6 is 11.8 Å². The molecular weight excluding hydrogens is 230 g/mol. The minimum absolute atomic E-state index is 0.265. The van der Waals surface area contributed by atoms with E-state index >= 15 is 0 Å². The van der Waals surface area contributed by atoms with E-state index in [0.29, 0.717) is 12.0 Å². The lowest BCUT2D eigenvalue weighted by Gasteiger charge is -2.14. The van der Waals surface area contributed by atoms with Gasteiger partial charge in [-0.1, -0.05) is 31.7 Å². The van der Waals surface area contributed by atoms with Crippen molar-refractivity contribution < 1.29 is 0 Å². The standard InChI is InChI=1S/C13H19N3S/c1-9(2)12-8-17-13(16-12)15-10(3)11-5-4-6-14-7-11/h4-7,9-10,12H,8H2,1-3H3,(H,15,16). The number of aliphatic imine (C=N–C) groups is 1. The largest absolute Gasteiger partial charge is 0.358 e. The second kappa shape index (κ2) is 5.54. The molecule has 1 aromatic rings. The van der Waals surface area contributed by atoms with Crippen LogP contribution in [0.2, 0.25) is 0 Å². The van der Waals surface area contributed by atoms with Gasteiger partial charge in [-0.3, -0.25) is 9.98 Å². The molecule has 1 aromatic heterocycles. The van der Waals surface area contributed by atoms with E-state index in [1.165, 1.54) is 5.56 Å². The van der Waals surface area contributed by atoms with Crippen molar-refractivity contribution in [2.24, 2.45) is 10.9 Å². The van der Waals surface area contributed by atoms with Gasteiger partial charge in [-0.15, -0.1) is 0 Å². The first-order valence-corrected chi connectivity index (χ1v) is 7.02. The molecule has 1 aliphatic rings. The number of amidine groups is 1. The van der Waals surface area contributed by atoms with Crippen LogP contribution in [0.15, 0.2) is 29.5 Å². The first-order valence-electron chi connectivity index (χ1n) is 6.04. The summed E-state index contributed by atoms with van der Waals surface area (Å²) in [6.07, 6.45) is 3.70. The summed E-state index contributed by atoms with van der Waals surface area (Å²) in [5.41, 5.74) is 1.20. The molecule has 0 bridgehead atoms. The van der Waals surface area contributed by atoms with Crippen LogP contribution in [0.3, 0.4) is 0 Å². The highest BCUT2D eigenvalue weighted by atomic mass is 32.2. The summed E-state index contributed by atoms with van der Waals surface area (Å²) in [7, 11) is 0. The zero-order valence-corrected chi connectivity index (χ0v) is 11.4. The van der Waals surface area contributed by atoms with Gasteiger partial charge in [0.1, 0.15) is 0 Å². The molecule has 92 valence electrons. The second-order valence-corrected chi connectivity index (χ2v) is 5.72. The highest BCUT2D eigenvalue weighted by molar-refractivity contribution is 8.14. The Morgan fingerprint density at radius 1 is 1.41 bits per heavy atom. The van der Waals surface area contributed by atoms with Crippen molar-refractivity contribution in [3.05, 3.63) is 30.1 Å². The summed E-state index contributed by atoms with van der Waals surface area (Å²) in [6.45, 7) is 6.59. The van der Waals surface area contributed by atoms with Gasteiger partial charge >= 0.3 is 0 Å². The van der Waals surface area contributed by atoms with Crippen molar-refractivity contribution in [1.29, 1.82) is 0 Å². The summed E-state index contributed by atoms with van der Waals surface area (Å²) in [6, 6.07) is 4.78. The van der Waals surface area contributed by atoms with Crippen LogP contribution in [0.25, 0.3) is 0 Å². The maximum absolute atomic E-state index is 4.70. The van der Waals surface area contributed by atoms with E-state index in [1.807, 2.05) is 24.0 Å². The number of aromatic nitrogens is 1. The summed E-state index contributed by atoms with van der Waals surface area (Å²) in [4.78, 5) is 8.84. The molecule has 0 radical (unpaired) electrons. The van der Waals surface area contributed by atoms with Crippen molar-refractivity contribution in [3.8, 4) is 0 Å². The lowest BCUT2D eigenvalue weighted by atomic mass is 10.1. The predicted molar refractivity (Wildman–Crippen MR) is 74.3 cm³/mol. The average molecular weight is 249 g/mol. The van der Waals surface area contributed by atoms with Gasteiger partial charge in [-0.2, -0.15) is 0 Å². The third kappa shape index (κ3) is 3.22. The molecule has 4 heteroatoms. The van der Waals surface area contributed by atoms with Crippen LogP contribution in [-0.2, 0) is 0 Å². The number of hydrogen-bond donors (Lipinski definition) is 1. The van der Waals surface area contributed by atoms with Gasteiger partial charge in [0.25, 0.3) is 0 Å². The van der Waals surface area contributed by atoms with Gasteiger partial charge in [0.2, 0.25) is 0 Å². The number of pyridine rings is 1. The average Bonchev–Trinajstić information content (AvgIpc) is 2.79. The fraction of sp³-hybridized carbons (Fsp3) is 0.538. The predicted octanol–water partition coefficient (Wildman–Crippen LogP) is 2.86. The first kappa shape index (κ1) is 12.4. The van der Waals surface area contributed by atoms with Crippen LogP contribution in [0, 0.1) is 5.92 Å². The molecule has 0 amide bonds. The molecule has 17 heavy (non-hydrogen) atoms. The Balaban J connectivity index is 1.96. The van der Waals surface area contributed by atoms with Crippen LogP contribution in [0.5, 0.6) is 0 Å². The fourth-order valence-corrected chi connectivity index (χ4v) is 2.97. The minimum Gasteiger partial charge on any atom is -0.358 e. The molecule has 1 N–H and O–H groups in total. The van der Waals surface area contributed by atoms with Gasteiger partial charge in [-0.25, -0.2) is 0 Å². The molecule has 2 heterocycles. The van der Waals surface area contributed by atoms with Crippen molar-refractivity contribution in [1.82, 2.24) is 10.3 Å². The molecule has 0 aliphatic carbocycles. The Labute approximate surface area is 107 Å². The molecule has 1 aliphatic heterocycles. The number of thioether (sulfide) groups is 1. The third-order valence-electron chi connectivity index (χ3n) is 2.97. The van der Waals surface area contributed by atoms with E-state index in [0.717, 1.165) is 10.9 Å². The first-order chi connectivity index (χ1) is 8.16. The summed E-state index contributed by atoms with van der Waals surface area (Å²) in [5, 5.41) is 4.52. The van der Waals surface area contributed by atoms with E-state index < -0.39 is 0 Å². The Morgan fingerprint density at radius 3 is 2.82 bits per heavy atom.